The lowest BCUT2D eigenvalue weighted by Gasteiger charge is -2.35. The van der Waals surface area contributed by atoms with E-state index in [0.717, 1.165) is 78.7 Å². The highest BCUT2D eigenvalue weighted by molar-refractivity contribution is 7.00. The number of nitrogens with zero attached hydrogens (tertiary/aromatic N) is 2. The summed E-state index contributed by atoms with van der Waals surface area (Å²) < 4.78 is 24.7. The summed E-state index contributed by atoms with van der Waals surface area (Å²) in [6.45, 7) is -0.121. The molecule has 0 bridgehead atoms. The average molecular weight is 778 g/mol. The number of fused-ring (bicyclic) bond motifs is 12. The number of rotatable bonds is 3. The van der Waals surface area contributed by atoms with Crippen molar-refractivity contribution in [3.8, 4) is 45.9 Å². The fraction of sp³-hybridized carbons (Fsp3) is 0. The molecule has 0 amide bonds. The van der Waals surface area contributed by atoms with E-state index in [-0.39, 0.29) is 13.4 Å². The molecule has 0 radical (unpaired) electrons. The van der Waals surface area contributed by atoms with Gasteiger partial charge < -0.3 is 23.3 Å². The van der Waals surface area contributed by atoms with Crippen molar-refractivity contribution in [3.05, 3.63) is 194 Å². The molecule has 0 aliphatic carbocycles. The van der Waals surface area contributed by atoms with Gasteiger partial charge in [0.15, 0.2) is 0 Å². The zero-order chi connectivity index (χ0) is 39.8. The van der Waals surface area contributed by atoms with Crippen molar-refractivity contribution in [2.45, 2.75) is 0 Å². The van der Waals surface area contributed by atoms with Crippen LogP contribution in [0.3, 0.4) is 0 Å². The van der Waals surface area contributed by atoms with Crippen molar-refractivity contribution in [3.63, 3.8) is 0 Å². The molecule has 0 atom stereocenters. The van der Waals surface area contributed by atoms with E-state index in [1.54, 1.807) is 0 Å². The van der Waals surface area contributed by atoms with Crippen molar-refractivity contribution in [2.24, 2.45) is 0 Å². The van der Waals surface area contributed by atoms with Gasteiger partial charge in [0.1, 0.15) is 34.5 Å². The van der Waals surface area contributed by atoms with Crippen LogP contribution in [0.15, 0.2) is 194 Å². The number of benzene rings is 9. The first-order valence-corrected chi connectivity index (χ1v) is 20.9. The fourth-order valence-corrected chi connectivity index (χ4v) is 10.6. The van der Waals surface area contributed by atoms with Crippen LogP contribution in [0.1, 0.15) is 0 Å². The van der Waals surface area contributed by atoms with E-state index in [0.29, 0.717) is 0 Å². The molecule has 0 unspecified atom stereocenters. The van der Waals surface area contributed by atoms with Gasteiger partial charge in [-0.05, 0) is 88.6 Å². The van der Waals surface area contributed by atoms with Crippen molar-refractivity contribution in [2.75, 3.05) is 0 Å². The van der Waals surface area contributed by atoms with Crippen molar-refractivity contribution in [1.82, 2.24) is 9.13 Å². The molecule has 2 aromatic heterocycles. The molecule has 0 saturated heterocycles. The number of hydrogen-bond donors (Lipinski definition) is 0. The molecule has 0 saturated carbocycles. The third-order valence-electron chi connectivity index (χ3n) is 13.2. The van der Waals surface area contributed by atoms with Crippen molar-refractivity contribution < 1.29 is 14.2 Å². The Morgan fingerprint density at radius 3 is 1.39 bits per heavy atom. The number of hydrogen-bond acceptors (Lipinski definition) is 3. The summed E-state index contributed by atoms with van der Waals surface area (Å²) in [6, 6.07) is 69.5. The van der Waals surface area contributed by atoms with Crippen molar-refractivity contribution in [1.29, 1.82) is 0 Å². The molecule has 9 aromatic carbocycles. The summed E-state index contributed by atoms with van der Waals surface area (Å²) in [6.07, 6.45) is 0. The number of aromatic nitrogens is 2. The molecular formula is C54H32B2N2O3. The Morgan fingerprint density at radius 2 is 0.754 bits per heavy atom. The highest BCUT2D eigenvalue weighted by atomic mass is 16.5. The van der Waals surface area contributed by atoms with Gasteiger partial charge in [-0.1, -0.05) is 127 Å². The monoisotopic (exact) mass is 778 g/mol. The van der Waals surface area contributed by atoms with E-state index in [1.807, 2.05) is 24.3 Å². The van der Waals surface area contributed by atoms with Gasteiger partial charge in [-0.3, -0.25) is 0 Å². The van der Waals surface area contributed by atoms with E-state index < -0.39 is 0 Å². The first kappa shape index (κ1) is 33.0. The normalized spacial score (nSPS) is 13.2. The summed E-state index contributed by atoms with van der Waals surface area (Å²) in [4.78, 5) is 0. The van der Waals surface area contributed by atoms with Crippen molar-refractivity contribution >= 4 is 89.8 Å². The maximum atomic E-state index is 6.76. The van der Waals surface area contributed by atoms with Crippen LogP contribution in [-0.2, 0) is 0 Å². The van der Waals surface area contributed by atoms with Crippen LogP contribution in [-0.4, -0.2) is 22.6 Å². The summed E-state index contributed by atoms with van der Waals surface area (Å²) in [5.74, 6) is 5.02. The predicted octanol–water partition coefficient (Wildman–Crippen LogP) is 9.23. The molecule has 3 aliphatic rings. The molecule has 0 N–H and O–H groups in total. The molecule has 0 fully saturated rings. The van der Waals surface area contributed by atoms with Crippen LogP contribution in [0.2, 0.25) is 0 Å². The minimum Gasteiger partial charge on any atom is -0.458 e. The third kappa shape index (κ3) is 4.63. The Labute approximate surface area is 351 Å². The highest BCUT2D eigenvalue weighted by Gasteiger charge is 2.42. The van der Waals surface area contributed by atoms with Gasteiger partial charge in [0.2, 0.25) is 0 Å². The van der Waals surface area contributed by atoms with Crippen LogP contribution >= 0.6 is 0 Å². The van der Waals surface area contributed by atoms with Gasteiger partial charge >= 0.3 is 0 Å². The minimum absolute atomic E-state index is 0.0400. The molecule has 14 rings (SSSR count). The van der Waals surface area contributed by atoms with Gasteiger partial charge in [-0.2, -0.15) is 0 Å². The Bertz CT molecular complexity index is 3630. The first-order valence-electron chi connectivity index (χ1n) is 20.9. The van der Waals surface area contributed by atoms with Crippen LogP contribution in [0.25, 0.3) is 55.0 Å². The fourth-order valence-electron chi connectivity index (χ4n) is 10.6. The minimum atomic E-state index is -0.0814. The van der Waals surface area contributed by atoms with Gasteiger partial charge in [-0.25, -0.2) is 0 Å². The van der Waals surface area contributed by atoms with Crippen LogP contribution in [0, 0.1) is 0 Å². The second kappa shape index (κ2) is 12.3. The third-order valence-corrected chi connectivity index (χ3v) is 13.2. The molecule has 0 spiro atoms. The molecule has 3 aliphatic heterocycles. The Balaban J connectivity index is 0.956. The van der Waals surface area contributed by atoms with Crippen LogP contribution < -0.4 is 47.0 Å². The van der Waals surface area contributed by atoms with E-state index >= 15 is 0 Å². The lowest BCUT2D eigenvalue weighted by atomic mass is 9.32. The Hall–Kier alpha value is -7.89. The molecule has 61 heavy (non-hydrogen) atoms. The maximum absolute atomic E-state index is 6.76. The SMILES string of the molecule is c1cc(-n2c3ccccc3c3ccccc32)cc(-n2c3ccccc3c3cc(B4c5ccccc5Oc5cc6c(cc54)B4c5ccccc5Oc5cccc(c54)O6)ccc32)c1. The molecule has 5 heterocycles. The van der Waals surface area contributed by atoms with E-state index in [9.17, 15) is 0 Å². The molecule has 11 aromatic rings. The largest absolute Gasteiger partial charge is 0.458 e. The van der Waals surface area contributed by atoms with Gasteiger partial charge in [0.05, 0.1) is 22.1 Å². The van der Waals surface area contributed by atoms with Gasteiger partial charge in [0, 0.05) is 44.4 Å². The zero-order valence-electron chi connectivity index (χ0n) is 32.7. The summed E-state index contributed by atoms with van der Waals surface area (Å²) in [5.41, 5.74) is 13.7. The summed E-state index contributed by atoms with van der Waals surface area (Å²) >= 11 is 0. The summed E-state index contributed by atoms with van der Waals surface area (Å²) in [5, 5.41) is 4.93. The van der Waals surface area contributed by atoms with Gasteiger partial charge in [0.25, 0.3) is 13.4 Å². The topological polar surface area (TPSA) is 37.5 Å². The summed E-state index contributed by atoms with van der Waals surface area (Å²) in [7, 11) is 0. The lowest BCUT2D eigenvalue weighted by Crippen LogP contribution is -2.60. The second-order valence-electron chi connectivity index (χ2n) is 16.4. The quantitative estimate of drug-likeness (QED) is 0.168. The average Bonchev–Trinajstić information content (AvgIpc) is 3.83. The molecule has 7 heteroatoms. The van der Waals surface area contributed by atoms with Crippen LogP contribution in [0.5, 0.6) is 34.5 Å². The lowest BCUT2D eigenvalue weighted by molar-refractivity contribution is 0.456. The van der Waals surface area contributed by atoms with E-state index in [2.05, 4.69) is 179 Å². The molecular weight excluding hydrogens is 746 g/mol. The number of para-hydroxylation sites is 5. The van der Waals surface area contributed by atoms with Crippen LogP contribution in [0.4, 0.5) is 0 Å². The van der Waals surface area contributed by atoms with E-state index in [4.69, 9.17) is 14.2 Å². The van der Waals surface area contributed by atoms with E-state index in [1.165, 1.54) is 43.6 Å². The first-order chi connectivity index (χ1) is 30.2. The maximum Gasteiger partial charge on any atom is 0.260 e. The Morgan fingerprint density at radius 1 is 0.295 bits per heavy atom. The smallest absolute Gasteiger partial charge is 0.260 e. The standard InChI is InChI=1S/C54H32B2N2O3/c1-6-20-44-36(15-1)37-16-2-7-21-45(37)57(44)34-13-11-14-35(30-34)58-46-22-8-3-17-38(46)39-29-33(27-28-47(39)58)55-40-18-4-9-23-48(40)60-52-32-53-43(31-42(52)55)56-41-19-5-10-24-49(41)59-50-25-12-26-51(61-53)54(50)56/h1-32H. The zero-order valence-corrected chi connectivity index (χ0v) is 32.7. The molecule has 5 nitrogen and oxygen atoms in total. The Kier molecular flexibility index (Phi) is 6.66. The number of ether oxygens (including phenoxy) is 3. The van der Waals surface area contributed by atoms with Gasteiger partial charge in [-0.15, -0.1) is 0 Å². The highest BCUT2D eigenvalue weighted by Crippen LogP contribution is 2.38. The molecule has 282 valence electrons. The predicted molar refractivity (Wildman–Crippen MR) is 250 cm³/mol. The second-order valence-corrected chi connectivity index (χ2v) is 16.4.